The zero-order valence-corrected chi connectivity index (χ0v) is 12.9. The van der Waals surface area contributed by atoms with E-state index in [0.29, 0.717) is 0 Å². The van der Waals surface area contributed by atoms with E-state index in [2.05, 4.69) is 18.6 Å². The van der Waals surface area contributed by atoms with Gasteiger partial charge in [0.2, 0.25) is 0 Å². The molecule has 0 heterocycles. The van der Waals surface area contributed by atoms with Gasteiger partial charge < -0.3 is 6.42 Å². The molecule has 0 aliphatic rings. The molecule has 0 aromatic heterocycles. The van der Waals surface area contributed by atoms with Crippen molar-refractivity contribution in [2.24, 2.45) is 4.99 Å². The summed E-state index contributed by atoms with van der Waals surface area (Å²) in [6, 6.07) is 0. The Kier molecular flexibility index (Phi) is 20.5. The Hall–Kier alpha value is 0.670. The van der Waals surface area contributed by atoms with Crippen LogP contribution in [0.1, 0.15) is 72.6 Å². The summed E-state index contributed by atoms with van der Waals surface area (Å²) in [4.78, 5) is 3.85. The van der Waals surface area contributed by atoms with Crippen LogP contribution in [-0.2, 0) is 0 Å². The molecule has 0 N–H and O–H groups in total. The van der Waals surface area contributed by atoms with Gasteiger partial charge in [0.15, 0.2) is 0 Å². The fourth-order valence-corrected chi connectivity index (χ4v) is 1.71. The van der Waals surface area contributed by atoms with Gasteiger partial charge in [-0.3, -0.25) is 0 Å². The van der Waals surface area contributed by atoms with Crippen LogP contribution in [0.2, 0.25) is 0 Å². The zero-order valence-electron chi connectivity index (χ0n) is 11.9. The summed E-state index contributed by atoms with van der Waals surface area (Å²) in [5, 5.41) is 0. The van der Waals surface area contributed by atoms with Gasteiger partial charge >= 0.3 is 29.6 Å². The maximum atomic E-state index is 3.85. The van der Waals surface area contributed by atoms with Gasteiger partial charge in [-0.25, -0.2) is 0 Å². The van der Waals surface area contributed by atoms with Crippen molar-refractivity contribution in [1.29, 1.82) is 0 Å². The molecule has 0 fully saturated rings. The number of nitrogens with zero attached hydrogens (tertiary/aromatic N) is 1. The second-order valence-corrected chi connectivity index (χ2v) is 4.13. The van der Waals surface area contributed by atoms with Gasteiger partial charge in [-0.2, -0.15) is 0 Å². The molecule has 0 aromatic carbocycles. The second kappa shape index (κ2) is 17.1. The third-order valence-electron chi connectivity index (χ3n) is 2.67. The van der Waals surface area contributed by atoms with Crippen LogP contribution in [0.15, 0.2) is 4.99 Å². The van der Waals surface area contributed by atoms with Crippen molar-refractivity contribution in [3.63, 3.8) is 0 Å². The molecular formula is C13H28NNa. The Morgan fingerprint density at radius 2 is 1.20 bits per heavy atom. The molecular weight excluding hydrogens is 193 g/mol. The number of unbranched alkanes of at least 4 members (excludes halogenated alkanes) is 9. The predicted molar refractivity (Wildman–Crippen MR) is 67.4 cm³/mol. The Labute approximate surface area is 120 Å². The van der Waals surface area contributed by atoms with Crippen LogP contribution >= 0.6 is 0 Å². The van der Waals surface area contributed by atoms with E-state index < -0.39 is 0 Å². The molecule has 0 bridgehead atoms. The predicted octanol–water partition coefficient (Wildman–Crippen LogP) is 1.72. The Balaban J connectivity index is -0.000000845. The fourth-order valence-electron chi connectivity index (χ4n) is 1.71. The summed E-state index contributed by atoms with van der Waals surface area (Å²) in [5.74, 6) is 0. The van der Waals surface area contributed by atoms with Gasteiger partial charge in [-0.15, -0.1) is 0 Å². The molecule has 0 radical (unpaired) electrons. The average Bonchev–Trinajstić information content (AvgIpc) is 2.21. The minimum absolute atomic E-state index is 0. The summed E-state index contributed by atoms with van der Waals surface area (Å²) < 4.78 is 0. The van der Waals surface area contributed by atoms with Crippen LogP contribution in [0, 0.1) is 0 Å². The Bertz CT molecular complexity index is 121. The maximum absolute atomic E-state index is 3.85. The molecule has 0 aliphatic carbocycles. The number of hydrogen-bond donors (Lipinski definition) is 0. The Morgan fingerprint density at radius 3 is 1.60 bits per heavy atom. The van der Waals surface area contributed by atoms with Crippen molar-refractivity contribution >= 4 is 6.72 Å². The van der Waals surface area contributed by atoms with Gasteiger partial charge in [0.1, 0.15) is 0 Å². The van der Waals surface area contributed by atoms with Crippen LogP contribution in [0.5, 0.6) is 0 Å². The monoisotopic (exact) mass is 221 g/mol. The van der Waals surface area contributed by atoms with Gasteiger partial charge in [0.25, 0.3) is 0 Å². The van der Waals surface area contributed by atoms with E-state index in [9.17, 15) is 0 Å². The van der Waals surface area contributed by atoms with Crippen LogP contribution in [0.25, 0.3) is 0 Å². The number of aliphatic imine (C=N–C) groups is 1. The van der Waals surface area contributed by atoms with Gasteiger partial charge in [-0.05, 0) is 13.1 Å². The molecule has 0 amide bonds. The maximum Gasteiger partial charge on any atom is 1.00 e. The third-order valence-corrected chi connectivity index (χ3v) is 2.67. The molecule has 0 aromatic rings. The van der Waals surface area contributed by atoms with Crippen molar-refractivity contribution in [1.82, 2.24) is 0 Å². The molecule has 15 heavy (non-hydrogen) atoms. The Morgan fingerprint density at radius 1 is 0.800 bits per heavy atom. The molecule has 86 valence electrons. The smallest absolute Gasteiger partial charge is 1.00 e. The van der Waals surface area contributed by atoms with E-state index in [4.69, 9.17) is 0 Å². The molecule has 1 nitrogen and oxygen atoms in total. The van der Waals surface area contributed by atoms with Crippen LogP contribution in [-0.4, -0.2) is 13.3 Å². The molecule has 0 aliphatic heterocycles. The van der Waals surface area contributed by atoms with Gasteiger partial charge in [0.05, 0.1) is 0 Å². The van der Waals surface area contributed by atoms with Crippen molar-refractivity contribution < 1.29 is 31.0 Å². The molecule has 2 heteroatoms. The second-order valence-electron chi connectivity index (χ2n) is 4.13. The van der Waals surface area contributed by atoms with E-state index in [1.165, 1.54) is 64.2 Å². The fraction of sp³-hybridized carbons (Fsp3) is 0.923. The van der Waals surface area contributed by atoms with E-state index in [0.717, 1.165) is 6.54 Å². The number of hydrogen-bond acceptors (Lipinski definition) is 1. The first-order valence-electron chi connectivity index (χ1n) is 6.34. The van der Waals surface area contributed by atoms with Crippen LogP contribution in [0.3, 0.4) is 0 Å². The minimum atomic E-state index is 0. The van der Waals surface area contributed by atoms with Gasteiger partial charge in [0, 0.05) is 6.54 Å². The molecule has 0 saturated carbocycles. The first-order valence-corrected chi connectivity index (χ1v) is 6.34. The van der Waals surface area contributed by atoms with E-state index >= 15 is 0 Å². The van der Waals surface area contributed by atoms with Crippen molar-refractivity contribution in [2.45, 2.75) is 71.1 Å². The number of rotatable bonds is 11. The van der Waals surface area contributed by atoms with Crippen LogP contribution in [0.4, 0.5) is 0 Å². The standard InChI is InChI=1S/C13H27N.Na.H/c1-3-4-5-6-7-8-9-10-11-12-13-14-2;;/h2-13H2,1H3;;/q;+1;-1. The summed E-state index contributed by atoms with van der Waals surface area (Å²) in [7, 11) is 0. The molecule has 0 spiro atoms. The summed E-state index contributed by atoms with van der Waals surface area (Å²) in [5.41, 5.74) is 0. The molecule has 0 rings (SSSR count). The largest absolute Gasteiger partial charge is 1.00 e. The quantitative estimate of drug-likeness (QED) is 0.286. The first-order chi connectivity index (χ1) is 6.91. The topological polar surface area (TPSA) is 12.4 Å². The SMILES string of the molecule is C=NCCCCCCCCCCCC.[H-].[Na+]. The summed E-state index contributed by atoms with van der Waals surface area (Å²) in [6.07, 6.45) is 13.9. The summed E-state index contributed by atoms with van der Waals surface area (Å²) in [6.45, 7) is 6.71. The zero-order chi connectivity index (χ0) is 10.5. The molecule has 0 unspecified atom stereocenters. The molecule has 0 saturated heterocycles. The van der Waals surface area contributed by atoms with Gasteiger partial charge in [-0.1, -0.05) is 64.7 Å². The van der Waals surface area contributed by atoms with Crippen molar-refractivity contribution in [3.05, 3.63) is 0 Å². The normalized spacial score (nSPS) is 9.67. The molecule has 0 atom stereocenters. The third kappa shape index (κ3) is 17.3. The minimum Gasteiger partial charge on any atom is -1.00 e. The summed E-state index contributed by atoms with van der Waals surface area (Å²) >= 11 is 0. The van der Waals surface area contributed by atoms with E-state index in [1.54, 1.807) is 0 Å². The van der Waals surface area contributed by atoms with Crippen molar-refractivity contribution in [3.8, 4) is 0 Å². The average molecular weight is 221 g/mol. The van der Waals surface area contributed by atoms with Crippen molar-refractivity contribution in [2.75, 3.05) is 6.54 Å². The van der Waals surface area contributed by atoms with E-state index in [-0.39, 0.29) is 31.0 Å². The first kappa shape index (κ1) is 18.0. The van der Waals surface area contributed by atoms with E-state index in [1.807, 2.05) is 0 Å². The van der Waals surface area contributed by atoms with Crippen LogP contribution < -0.4 is 29.6 Å².